The van der Waals surface area contributed by atoms with Gasteiger partial charge in [0.15, 0.2) is 5.60 Å². The molecule has 0 aromatic heterocycles. The lowest BCUT2D eigenvalue weighted by atomic mass is 9.86. The third kappa shape index (κ3) is 1.45. The van der Waals surface area contributed by atoms with Crippen LogP contribution in [0.25, 0.3) is 0 Å². The fourth-order valence-corrected chi connectivity index (χ4v) is 2.71. The summed E-state index contributed by atoms with van der Waals surface area (Å²) >= 11 is 0. The van der Waals surface area contributed by atoms with Gasteiger partial charge in [-0.1, -0.05) is 0 Å². The molecular weight excluding hydrogens is 202 g/mol. The largest absolute Gasteiger partial charge is 0.479 e. The summed E-state index contributed by atoms with van der Waals surface area (Å²) in [6.07, 6.45) is 0.282. The number of fused-ring (bicyclic) bond motifs is 2. The maximum Gasteiger partial charge on any atom is 0.407 e. The van der Waals surface area contributed by atoms with Gasteiger partial charge in [0.25, 0.3) is 0 Å². The van der Waals surface area contributed by atoms with Gasteiger partial charge in [-0.25, -0.2) is 9.59 Å². The average Bonchev–Trinajstić information content (AvgIpc) is 2.39. The van der Waals surface area contributed by atoms with Gasteiger partial charge in [-0.15, -0.1) is 0 Å². The van der Waals surface area contributed by atoms with Crippen molar-refractivity contribution in [2.75, 3.05) is 0 Å². The van der Waals surface area contributed by atoms with Crippen LogP contribution in [0.5, 0.6) is 0 Å². The summed E-state index contributed by atoms with van der Waals surface area (Å²) in [5.74, 6) is -1.25. The van der Waals surface area contributed by atoms with Crippen LogP contribution in [0.3, 0.4) is 0 Å². The summed E-state index contributed by atoms with van der Waals surface area (Å²) in [4.78, 5) is 23.0. The summed E-state index contributed by atoms with van der Waals surface area (Å²) in [7, 11) is 0. The maximum atomic E-state index is 10.9. The minimum atomic E-state index is -1.74. The normalized spacial score (nSPS) is 39.1. The molecule has 6 nitrogen and oxygen atoms in total. The minimum absolute atomic E-state index is 0.00509. The number of piperidine rings is 1. The Hall–Kier alpha value is -1.30. The summed E-state index contributed by atoms with van der Waals surface area (Å²) in [5, 5.41) is 27.6. The second-order valence-corrected chi connectivity index (χ2v) is 4.32. The summed E-state index contributed by atoms with van der Waals surface area (Å²) < 4.78 is 0. The molecule has 2 aliphatic rings. The van der Waals surface area contributed by atoms with E-state index in [9.17, 15) is 14.7 Å². The van der Waals surface area contributed by atoms with Crippen molar-refractivity contribution in [1.82, 2.24) is 4.90 Å². The van der Waals surface area contributed by atoms with Crippen molar-refractivity contribution in [2.45, 2.75) is 43.4 Å². The van der Waals surface area contributed by atoms with Gasteiger partial charge in [-0.2, -0.15) is 0 Å². The minimum Gasteiger partial charge on any atom is -0.479 e. The fraction of sp³-hybridized carbons (Fsp3) is 0.778. The molecule has 0 radical (unpaired) electrons. The lowest BCUT2D eigenvalue weighted by Crippen LogP contribution is -2.56. The number of aliphatic carboxylic acids is 1. The van der Waals surface area contributed by atoms with Crippen LogP contribution in [0.2, 0.25) is 0 Å². The summed E-state index contributed by atoms with van der Waals surface area (Å²) in [5.41, 5.74) is -1.74. The van der Waals surface area contributed by atoms with Crippen molar-refractivity contribution >= 4 is 12.1 Å². The van der Waals surface area contributed by atoms with Crippen molar-refractivity contribution < 1.29 is 24.9 Å². The standard InChI is InChI=1S/C9H13NO5/c11-7(12)9(15)3-5-1-2-6(4-9)10(5)8(13)14/h5-6,15H,1-4H2,(H,11,12)(H,13,14)/t5-,6+,9+. The van der Waals surface area contributed by atoms with Crippen LogP contribution in [0.1, 0.15) is 25.7 Å². The van der Waals surface area contributed by atoms with E-state index in [1.54, 1.807) is 0 Å². The van der Waals surface area contributed by atoms with E-state index in [1.165, 1.54) is 4.90 Å². The van der Waals surface area contributed by atoms with Crippen LogP contribution >= 0.6 is 0 Å². The Morgan fingerprint density at radius 1 is 1.13 bits per heavy atom. The van der Waals surface area contributed by atoms with Gasteiger partial charge in [0.1, 0.15) is 0 Å². The predicted molar refractivity (Wildman–Crippen MR) is 48.5 cm³/mol. The van der Waals surface area contributed by atoms with Gasteiger partial charge in [-0.3, -0.25) is 0 Å². The van der Waals surface area contributed by atoms with Crippen LogP contribution in [0.15, 0.2) is 0 Å². The van der Waals surface area contributed by atoms with Crippen molar-refractivity contribution in [3.63, 3.8) is 0 Å². The summed E-state index contributed by atoms with van der Waals surface area (Å²) in [6, 6.07) is -0.690. The molecule has 0 saturated carbocycles. The molecule has 2 rings (SSSR count). The monoisotopic (exact) mass is 215 g/mol. The molecule has 2 aliphatic heterocycles. The first kappa shape index (κ1) is 10.2. The van der Waals surface area contributed by atoms with Crippen molar-refractivity contribution in [1.29, 1.82) is 0 Å². The van der Waals surface area contributed by atoms with E-state index >= 15 is 0 Å². The number of rotatable bonds is 1. The Morgan fingerprint density at radius 3 is 1.93 bits per heavy atom. The van der Waals surface area contributed by atoms with Crippen molar-refractivity contribution in [2.24, 2.45) is 0 Å². The number of carboxylic acids is 1. The zero-order valence-electron chi connectivity index (χ0n) is 8.09. The molecule has 15 heavy (non-hydrogen) atoms. The molecule has 2 saturated heterocycles. The van der Waals surface area contributed by atoms with Crippen LogP contribution in [0.4, 0.5) is 4.79 Å². The number of aliphatic hydroxyl groups is 1. The van der Waals surface area contributed by atoms with Gasteiger partial charge >= 0.3 is 12.1 Å². The number of carbonyl (C=O) groups is 2. The first-order valence-electron chi connectivity index (χ1n) is 4.91. The molecule has 0 aromatic rings. The number of amides is 1. The Balaban J connectivity index is 2.21. The highest BCUT2D eigenvalue weighted by Crippen LogP contribution is 2.40. The Kier molecular flexibility index (Phi) is 2.11. The molecule has 0 aliphatic carbocycles. The molecule has 6 heteroatoms. The average molecular weight is 215 g/mol. The molecule has 0 spiro atoms. The molecule has 3 N–H and O–H groups in total. The van der Waals surface area contributed by atoms with E-state index in [4.69, 9.17) is 10.2 Å². The zero-order chi connectivity index (χ0) is 11.2. The summed E-state index contributed by atoms with van der Waals surface area (Å²) in [6.45, 7) is 0. The Bertz CT molecular complexity index is 302. The molecule has 84 valence electrons. The van der Waals surface area contributed by atoms with E-state index in [1.807, 2.05) is 0 Å². The first-order valence-corrected chi connectivity index (χ1v) is 4.91. The number of carboxylic acid groups (broad SMARTS) is 2. The highest BCUT2D eigenvalue weighted by Gasteiger charge is 2.53. The number of hydrogen-bond donors (Lipinski definition) is 3. The number of nitrogens with zero attached hydrogens (tertiary/aromatic N) is 1. The highest BCUT2D eigenvalue weighted by atomic mass is 16.4. The van der Waals surface area contributed by atoms with Crippen LogP contribution in [-0.4, -0.2) is 50.0 Å². The second kappa shape index (κ2) is 3.10. The third-order valence-corrected chi connectivity index (χ3v) is 3.39. The molecule has 2 bridgehead atoms. The number of hydrogen-bond acceptors (Lipinski definition) is 3. The Morgan fingerprint density at radius 2 is 1.60 bits per heavy atom. The van der Waals surface area contributed by atoms with E-state index in [0.29, 0.717) is 12.8 Å². The van der Waals surface area contributed by atoms with Crippen molar-refractivity contribution in [3.8, 4) is 0 Å². The van der Waals surface area contributed by atoms with E-state index < -0.39 is 17.7 Å². The topological polar surface area (TPSA) is 98.1 Å². The predicted octanol–water partition coefficient (Wildman–Crippen LogP) is 0.107. The van der Waals surface area contributed by atoms with Gasteiger partial charge < -0.3 is 20.2 Å². The van der Waals surface area contributed by atoms with Crippen LogP contribution in [-0.2, 0) is 4.79 Å². The molecule has 2 fully saturated rings. The van der Waals surface area contributed by atoms with Crippen molar-refractivity contribution in [3.05, 3.63) is 0 Å². The second-order valence-electron chi connectivity index (χ2n) is 4.32. The molecule has 1 amide bonds. The molecule has 2 heterocycles. The molecular formula is C9H13NO5. The molecule has 0 aromatic carbocycles. The van der Waals surface area contributed by atoms with E-state index in [0.717, 1.165) is 0 Å². The fourth-order valence-electron chi connectivity index (χ4n) is 2.71. The lowest BCUT2D eigenvalue weighted by Gasteiger charge is -2.39. The lowest BCUT2D eigenvalue weighted by molar-refractivity contribution is -0.165. The van der Waals surface area contributed by atoms with Crippen LogP contribution < -0.4 is 0 Å². The van der Waals surface area contributed by atoms with Gasteiger partial charge in [-0.05, 0) is 12.8 Å². The van der Waals surface area contributed by atoms with Gasteiger partial charge in [0.2, 0.25) is 0 Å². The van der Waals surface area contributed by atoms with Gasteiger partial charge in [0, 0.05) is 24.9 Å². The Labute approximate surface area is 86.1 Å². The van der Waals surface area contributed by atoms with E-state index in [-0.39, 0.29) is 24.9 Å². The molecule has 0 unspecified atom stereocenters. The molecule has 3 atom stereocenters. The maximum absolute atomic E-state index is 10.9. The third-order valence-electron chi connectivity index (χ3n) is 3.39. The zero-order valence-corrected chi connectivity index (χ0v) is 8.09. The van der Waals surface area contributed by atoms with E-state index in [2.05, 4.69) is 0 Å². The van der Waals surface area contributed by atoms with Gasteiger partial charge in [0.05, 0.1) is 0 Å². The van der Waals surface area contributed by atoms with Crippen LogP contribution in [0, 0.1) is 0 Å². The first-order chi connectivity index (χ1) is 6.94. The smallest absolute Gasteiger partial charge is 0.407 e. The highest BCUT2D eigenvalue weighted by molar-refractivity contribution is 5.78. The SMILES string of the molecule is O=C(O)N1[C@@H]2CC[C@H]1C[C@](O)(C(=O)O)C2. The quantitative estimate of drug-likeness (QED) is 0.576.